The Hall–Kier alpha value is -3.53. The summed E-state index contributed by atoms with van der Waals surface area (Å²) in [4.78, 5) is 21.2. The molecule has 25 heavy (non-hydrogen) atoms. The summed E-state index contributed by atoms with van der Waals surface area (Å²) in [6.45, 7) is 5.64. The molecule has 0 atom stereocenters. The van der Waals surface area contributed by atoms with Crippen molar-refractivity contribution in [3.8, 4) is 12.0 Å². The lowest BCUT2D eigenvalue weighted by atomic mass is 10.1. The van der Waals surface area contributed by atoms with Gasteiger partial charge in [-0.3, -0.25) is 4.79 Å². The fourth-order valence-corrected chi connectivity index (χ4v) is 2.39. The molecule has 0 spiro atoms. The molecule has 0 bridgehead atoms. The molecule has 0 aliphatic carbocycles. The van der Waals surface area contributed by atoms with Crippen LogP contribution in [0.5, 0.6) is 0 Å². The third-order valence-electron chi connectivity index (χ3n) is 3.60. The van der Waals surface area contributed by atoms with E-state index >= 15 is 0 Å². The molecular weight excluding hydrogens is 316 g/mol. The third kappa shape index (κ3) is 3.38. The second-order valence-electron chi connectivity index (χ2n) is 5.70. The van der Waals surface area contributed by atoms with Crippen molar-refractivity contribution in [1.82, 2.24) is 19.7 Å². The normalized spacial score (nSPS) is 10.3. The van der Waals surface area contributed by atoms with E-state index in [4.69, 9.17) is 0 Å². The van der Waals surface area contributed by atoms with Crippen LogP contribution in [0.15, 0.2) is 36.5 Å². The maximum atomic E-state index is 12.5. The summed E-state index contributed by atoms with van der Waals surface area (Å²) < 4.78 is 1.37. The van der Waals surface area contributed by atoms with Crippen LogP contribution in [-0.2, 0) is 0 Å². The zero-order valence-electron chi connectivity index (χ0n) is 14.1. The SMILES string of the molecule is Cc1ccc(C(=O)Nc2c(C#N)cnn2-c2nc(C)cc(C)n2)cc1. The first-order chi connectivity index (χ1) is 12.0. The molecule has 1 amide bonds. The Morgan fingerprint density at radius 1 is 1.12 bits per heavy atom. The first-order valence-electron chi connectivity index (χ1n) is 7.66. The molecule has 0 radical (unpaired) electrons. The van der Waals surface area contributed by atoms with Gasteiger partial charge in [-0.25, -0.2) is 9.97 Å². The topological polar surface area (TPSA) is 96.5 Å². The molecule has 0 fully saturated rings. The summed E-state index contributed by atoms with van der Waals surface area (Å²) in [6.07, 6.45) is 1.38. The van der Waals surface area contributed by atoms with E-state index in [1.165, 1.54) is 10.9 Å². The minimum absolute atomic E-state index is 0.239. The van der Waals surface area contributed by atoms with Crippen LogP contribution < -0.4 is 5.32 Å². The van der Waals surface area contributed by atoms with E-state index in [0.29, 0.717) is 11.5 Å². The smallest absolute Gasteiger partial charge is 0.256 e. The number of carbonyl (C=O) groups excluding carboxylic acids is 1. The standard InChI is InChI=1S/C18H16N6O/c1-11-4-6-14(7-5-11)17(25)23-16-15(9-19)10-20-24(16)18-21-12(2)8-13(3)22-18/h4-8,10H,1-3H3,(H,23,25). The summed E-state index contributed by atoms with van der Waals surface area (Å²) in [6, 6.07) is 11.0. The maximum Gasteiger partial charge on any atom is 0.256 e. The highest BCUT2D eigenvalue weighted by atomic mass is 16.1. The van der Waals surface area contributed by atoms with E-state index in [2.05, 4.69) is 20.4 Å². The maximum absolute atomic E-state index is 12.5. The first kappa shape index (κ1) is 16.3. The number of rotatable bonds is 3. The highest BCUT2D eigenvalue weighted by Gasteiger charge is 2.18. The predicted octanol–water partition coefficient (Wildman–Crippen LogP) is 2.71. The molecule has 0 aliphatic rings. The number of nitrogens with one attached hydrogen (secondary N) is 1. The molecule has 124 valence electrons. The zero-order chi connectivity index (χ0) is 18.0. The van der Waals surface area contributed by atoms with Gasteiger partial charge in [0.25, 0.3) is 11.9 Å². The quantitative estimate of drug-likeness (QED) is 0.795. The van der Waals surface area contributed by atoms with Gasteiger partial charge >= 0.3 is 0 Å². The predicted molar refractivity (Wildman–Crippen MR) is 92.5 cm³/mol. The largest absolute Gasteiger partial charge is 0.305 e. The number of amides is 1. The Morgan fingerprint density at radius 2 is 1.76 bits per heavy atom. The highest BCUT2D eigenvalue weighted by molar-refractivity contribution is 6.04. The number of aryl methyl sites for hydroxylation is 3. The van der Waals surface area contributed by atoms with E-state index in [1.54, 1.807) is 12.1 Å². The van der Waals surface area contributed by atoms with Gasteiger partial charge in [-0.15, -0.1) is 0 Å². The van der Waals surface area contributed by atoms with Crippen molar-refractivity contribution in [3.63, 3.8) is 0 Å². The minimum atomic E-state index is -0.331. The van der Waals surface area contributed by atoms with Crippen LogP contribution in [0.3, 0.4) is 0 Å². The lowest BCUT2D eigenvalue weighted by Gasteiger charge is -2.09. The van der Waals surface area contributed by atoms with E-state index in [1.807, 2.05) is 45.0 Å². The lowest BCUT2D eigenvalue weighted by Crippen LogP contribution is -2.17. The van der Waals surface area contributed by atoms with Crippen molar-refractivity contribution in [1.29, 1.82) is 5.26 Å². The van der Waals surface area contributed by atoms with Gasteiger partial charge < -0.3 is 5.32 Å². The minimum Gasteiger partial charge on any atom is -0.305 e. The summed E-state index contributed by atoms with van der Waals surface area (Å²) >= 11 is 0. The van der Waals surface area contributed by atoms with Crippen LogP contribution in [-0.4, -0.2) is 25.7 Å². The number of carbonyl (C=O) groups is 1. The lowest BCUT2D eigenvalue weighted by molar-refractivity contribution is 0.102. The summed E-state index contributed by atoms with van der Waals surface area (Å²) in [5.41, 5.74) is 3.33. The van der Waals surface area contributed by atoms with Gasteiger partial charge in [0.05, 0.1) is 6.20 Å². The molecule has 7 nitrogen and oxygen atoms in total. The molecule has 1 aromatic carbocycles. The number of anilines is 1. The Balaban J connectivity index is 2.01. The van der Waals surface area contributed by atoms with Gasteiger partial charge in [-0.2, -0.15) is 15.0 Å². The van der Waals surface area contributed by atoms with Crippen molar-refractivity contribution in [3.05, 3.63) is 64.6 Å². The monoisotopic (exact) mass is 332 g/mol. The van der Waals surface area contributed by atoms with Crippen LogP contribution in [0.2, 0.25) is 0 Å². The summed E-state index contributed by atoms with van der Waals surface area (Å²) in [5, 5.41) is 16.2. The molecule has 0 saturated heterocycles. The summed E-state index contributed by atoms with van der Waals surface area (Å²) in [5.74, 6) is 0.221. The molecule has 0 aliphatic heterocycles. The fraction of sp³-hybridized carbons (Fsp3) is 0.167. The number of hydrogen-bond acceptors (Lipinski definition) is 5. The number of hydrogen-bond donors (Lipinski definition) is 1. The van der Waals surface area contributed by atoms with E-state index in [-0.39, 0.29) is 17.3 Å². The Bertz CT molecular complexity index is 962. The third-order valence-corrected chi connectivity index (χ3v) is 3.60. The Kier molecular flexibility index (Phi) is 4.27. The van der Waals surface area contributed by atoms with Gasteiger partial charge in [0.15, 0.2) is 5.82 Å². The number of nitriles is 1. The van der Waals surface area contributed by atoms with Crippen molar-refractivity contribution in [2.45, 2.75) is 20.8 Å². The van der Waals surface area contributed by atoms with Crippen LogP contribution in [0, 0.1) is 32.1 Å². The van der Waals surface area contributed by atoms with E-state index in [9.17, 15) is 10.1 Å². The molecule has 2 aromatic heterocycles. The number of aromatic nitrogens is 4. The molecule has 1 N–H and O–H groups in total. The fourth-order valence-electron chi connectivity index (χ4n) is 2.39. The molecule has 0 unspecified atom stereocenters. The molecule has 7 heteroatoms. The second kappa shape index (κ2) is 6.53. The summed E-state index contributed by atoms with van der Waals surface area (Å²) in [7, 11) is 0. The average Bonchev–Trinajstić information content (AvgIpc) is 2.97. The van der Waals surface area contributed by atoms with Gasteiger partial charge in [0, 0.05) is 17.0 Å². The Labute approximate surface area is 145 Å². The van der Waals surface area contributed by atoms with Gasteiger partial charge in [-0.05, 0) is 39.0 Å². The average molecular weight is 332 g/mol. The van der Waals surface area contributed by atoms with Crippen molar-refractivity contribution >= 4 is 11.7 Å². The van der Waals surface area contributed by atoms with Crippen molar-refractivity contribution < 1.29 is 4.79 Å². The molecular formula is C18H16N6O. The van der Waals surface area contributed by atoms with Gasteiger partial charge in [-0.1, -0.05) is 17.7 Å². The zero-order valence-corrected chi connectivity index (χ0v) is 14.1. The first-order valence-corrected chi connectivity index (χ1v) is 7.66. The highest BCUT2D eigenvalue weighted by Crippen LogP contribution is 2.19. The van der Waals surface area contributed by atoms with Crippen LogP contribution >= 0.6 is 0 Å². The van der Waals surface area contributed by atoms with Crippen molar-refractivity contribution in [2.75, 3.05) is 5.32 Å². The molecule has 0 saturated carbocycles. The molecule has 3 aromatic rings. The Morgan fingerprint density at radius 3 is 2.36 bits per heavy atom. The second-order valence-corrected chi connectivity index (χ2v) is 5.70. The van der Waals surface area contributed by atoms with Crippen LogP contribution in [0.1, 0.15) is 32.9 Å². The van der Waals surface area contributed by atoms with Gasteiger partial charge in [0.1, 0.15) is 11.6 Å². The van der Waals surface area contributed by atoms with Crippen LogP contribution in [0.4, 0.5) is 5.82 Å². The van der Waals surface area contributed by atoms with E-state index in [0.717, 1.165) is 17.0 Å². The van der Waals surface area contributed by atoms with Crippen LogP contribution in [0.25, 0.3) is 5.95 Å². The number of nitrogens with zero attached hydrogens (tertiary/aromatic N) is 5. The molecule has 3 rings (SSSR count). The van der Waals surface area contributed by atoms with E-state index < -0.39 is 0 Å². The number of benzene rings is 1. The van der Waals surface area contributed by atoms with Crippen molar-refractivity contribution in [2.24, 2.45) is 0 Å². The molecule has 2 heterocycles. The van der Waals surface area contributed by atoms with Gasteiger partial charge in [0.2, 0.25) is 0 Å².